The van der Waals surface area contributed by atoms with Crippen molar-refractivity contribution in [2.24, 2.45) is 0 Å². The van der Waals surface area contributed by atoms with Crippen LogP contribution in [0.3, 0.4) is 0 Å². The highest BCUT2D eigenvalue weighted by Crippen LogP contribution is 2.43. The number of alkyl halides is 3. The molecule has 1 aromatic heterocycles. The van der Waals surface area contributed by atoms with Gasteiger partial charge in [0.15, 0.2) is 15.4 Å². The van der Waals surface area contributed by atoms with Crippen molar-refractivity contribution in [3.63, 3.8) is 0 Å². The molecule has 0 bridgehead atoms. The van der Waals surface area contributed by atoms with Gasteiger partial charge in [-0.25, -0.2) is 8.42 Å². The lowest BCUT2D eigenvalue weighted by Crippen LogP contribution is -2.48. The third-order valence-electron chi connectivity index (χ3n) is 5.70. The minimum atomic E-state index is -5.02. The molecular weight excluding hydrogens is 457 g/mol. The monoisotopic (exact) mass is 480 g/mol. The molecule has 1 heterocycles. The second-order valence-electron chi connectivity index (χ2n) is 8.12. The molecule has 10 heteroatoms. The molecule has 3 rings (SSSR count). The minimum Gasteiger partial charge on any atom is -0.496 e. The van der Waals surface area contributed by atoms with E-state index in [4.69, 9.17) is 4.74 Å². The fraction of sp³-hybridized carbons (Fsp3) is 0.348. The Morgan fingerprint density at radius 2 is 1.88 bits per heavy atom. The zero-order chi connectivity index (χ0) is 24.6. The number of nitrogens with zero attached hydrogens (tertiary/aromatic N) is 1. The topological polar surface area (TPSA) is 103 Å². The summed E-state index contributed by atoms with van der Waals surface area (Å²) in [6.45, 7) is 1.46. The SMILES string of the molecule is COc1ccc(S(C)(=O)=O)cc1C(C)CC(O)(Cc1[nH]c2ccccc2c1C#N)C(F)(F)F. The molecule has 0 spiro atoms. The Kier molecular flexibility index (Phi) is 6.51. The maximum atomic E-state index is 14.1. The molecule has 3 aromatic rings. The van der Waals surface area contributed by atoms with E-state index in [9.17, 15) is 32.0 Å². The second kappa shape index (κ2) is 8.72. The van der Waals surface area contributed by atoms with Crippen LogP contribution in [0.25, 0.3) is 10.9 Å². The van der Waals surface area contributed by atoms with Crippen LogP contribution in [0.4, 0.5) is 13.2 Å². The van der Waals surface area contributed by atoms with Gasteiger partial charge in [0.25, 0.3) is 0 Å². The number of aromatic amines is 1. The Morgan fingerprint density at radius 3 is 2.45 bits per heavy atom. The van der Waals surface area contributed by atoms with Crippen LogP contribution in [-0.4, -0.2) is 43.7 Å². The van der Waals surface area contributed by atoms with Crippen LogP contribution in [0.15, 0.2) is 47.4 Å². The van der Waals surface area contributed by atoms with Gasteiger partial charge in [-0.1, -0.05) is 25.1 Å². The largest absolute Gasteiger partial charge is 0.496 e. The van der Waals surface area contributed by atoms with Crippen LogP contribution in [-0.2, 0) is 16.3 Å². The van der Waals surface area contributed by atoms with Crippen molar-refractivity contribution in [3.8, 4) is 11.8 Å². The smallest absolute Gasteiger partial charge is 0.417 e. The van der Waals surface area contributed by atoms with Crippen molar-refractivity contribution in [2.75, 3.05) is 13.4 Å². The van der Waals surface area contributed by atoms with E-state index in [0.717, 1.165) is 6.26 Å². The summed E-state index contributed by atoms with van der Waals surface area (Å²) in [6.07, 6.45) is -5.67. The van der Waals surface area contributed by atoms with Crippen LogP contribution in [0.5, 0.6) is 5.75 Å². The summed E-state index contributed by atoms with van der Waals surface area (Å²) in [7, 11) is -2.28. The van der Waals surface area contributed by atoms with Gasteiger partial charge in [-0.15, -0.1) is 0 Å². The van der Waals surface area contributed by atoms with Gasteiger partial charge in [-0.2, -0.15) is 18.4 Å². The first-order valence-electron chi connectivity index (χ1n) is 9.97. The van der Waals surface area contributed by atoms with E-state index in [1.165, 1.54) is 32.2 Å². The molecule has 2 N–H and O–H groups in total. The number of aromatic nitrogens is 1. The lowest BCUT2D eigenvalue weighted by Gasteiger charge is -2.33. The van der Waals surface area contributed by atoms with Gasteiger partial charge in [-0.3, -0.25) is 0 Å². The number of methoxy groups -OCH3 is 1. The number of sulfone groups is 1. The van der Waals surface area contributed by atoms with Gasteiger partial charge in [0, 0.05) is 29.3 Å². The number of nitrogens with one attached hydrogen (secondary N) is 1. The highest BCUT2D eigenvalue weighted by Gasteiger charge is 2.54. The zero-order valence-corrected chi connectivity index (χ0v) is 19.0. The van der Waals surface area contributed by atoms with Crippen molar-refractivity contribution in [1.82, 2.24) is 4.98 Å². The molecule has 0 saturated heterocycles. The number of halogens is 3. The van der Waals surface area contributed by atoms with E-state index in [0.29, 0.717) is 10.9 Å². The molecule has 2 unspecified atom stereocenters. The van der Waals surface area contributed by atoms with E-state index in [-0.39, 0.29) is 27.5 Å². The van der Waals surface area contributed by atoms with Crippen LogP contribution in [0.1, 0.15) is 36.1 Å². The van der Waals surface area contributed by atoms with Gasteiger partial charge >= 0.3 is 6.18 Å². The molecule has 2 aromatic carbocycles. The number of nitriles is 1. The Morgan fingerprint density at radius 1 is 1.21 bits per heavy atom. The maximum Gasteiger partial charge on any atom is 0.417 e. The van der Waals surface area contributed by atoms with Crippen molar-refractivity contribution in [2.45, 2.75) is 42.4 Å². The zero-order valence-electron chi connectivity index (χ0n) is 18.2. The molecule has 0 radical (unpaired) electrons. The van der Waals surface area contributed by atoms with Crippen molar-refractivity contribution < 1.29 is 31.4 Å². The molecule has 6 nitrogen and oxygen atoms in total. The van der Waals surface area contributed by atoms with Crippen LogP contribution < -0.4 is 4.74 Å². The number of rotatable bonds is 7. The summed E-state index contributed by atoms with van der Waals surface area (Å²) in [5, 5.41) is 20.9. The third-order valence-corrected chi connectivity index (χ3v) is 6.81. The normalized spacial score (nSPS) is 15.1. The Hall–Kier alpha value is -3.03. The van der Waals surface area contributed by atoms with E-state index < -0.39 is 40.4 Å². The number of hydrogen-bond donors (Lipinski definition) is 2. The number of hydrogen-bond acceptors (Lipinski definition) is 5. The number of aliphatic hydroxyl groups is 1. The number of ether oxygens (including phenoxy) is 1. The Bertz CT molecular complexity index is 1330. The summed E-state index contributed by atoms with van der Waals surface area (Å²) >= 11 is 0. The van der Waals surface area contributed by atoms with E-state index in [1.54, 1.807) is 24.3 Å². The standard InChI is InChI=1S/C23H23F3N2O4S/c1-14(17-10-15(33(3,30)31)8-9-21(17)32-2)11-22(29,23(24,25)26)12-20-18(13-27)16-6-4-5-7-19(16)28-20/h4-10,14,28-29H,11-12H2,1-3H3. The van der Waals surface area contributed by atoms with Gasteiger partial charge in [0.1, 0.15) is 11.8 Å². The minimum absolute atomic E-state index is 0.0254. The Labute approximate surface area is 189 Å². The van der Waals surface area contributed by atoms with Gasteiger partial charge in [-0.05, 0) is 42.2 Å². The highest BCUT2D eigenvalue weighted by molar-refractivity contribution is 7.90. The molecule has 0 amide bonds. The van der Waals surface area contributed by atoms with Gasteiger partial charge in [0.05, 0.1) is 17.6 Å². The first-order chi connectivity index (χ1) is 15.3. The summed E-state index contributed by atoms with van der Waals surface area (Å²) < 4.78 is 71.5. The van der Waals surface area contributed by atoms with Crippen LogP contribution in [0, 0.1) is 11.3 Å². The van der Waals surface area contributed by atoms with E-state index in [1.807, 2.05) is 6.07 Å². The highest BCUT2D eigenvalue weighted by atomic mass is 32.2. The predicted molar refractivity (Wildman–Crippen MR) is 117 cm³/mol. The lowest BCUT2D eigenvalue weighted by atomic mass is 9.83. The molecule has 33 heavy (non-hydrogen) atoms. The number of fused-ring (bicyclic) bond motifs is 1. The number of para-hydroxylation sites is 1. The van der Waals surface area contributed by atoms with Crippen molar-refractivity contribution >= 4 is 20.7 Å². The summed E-state index contributed by atoms with van der Waals surface area (Å²) in [5.41, 5.74) is -2.46. The van der Waals surface area contributed by atoms with Crippen molar-refractivity contribution in [3.05, 3.63) is 59.3 Å². The number of benzene rings is 2. The average molecular weight is 481 g/mol. The van der Waals surface area contributed by atoms with Crippen LogP contribution >= 0.6 is 0 Å². The second-order valence-corrected chi connectivity index (χ2v) is 10.1. The lowest BCUT2D eigenvalue weighted by molar-refractivity contribution is -0.263. The molecule has 0 aliphatic heterocycles. The molecule has 0 fully saturated rings. The number of H-pyrrole nitrogens is 1. The molecule has 0 saturated carbocycles. The molecule has 0 aliphatic carbocycles. The summed E-state index contributed by atoms with van der Waals surface area (Å²) in [4.78, 5) is 2.75. The maximum absolute atomic E-state index is 14.1. The van der Waals surface area contributed by atoms with Gasteiger partial charge in [0.2, 0.25) is 0 Å². The molecular formula is C23H23F3N2O4S. The van der Waals surface area contributed by atoms with Crippen molar-refractivity contribution in [1.29, 1.82) is 5.26 Å². The van der Waals surface area contributed by atoms with E-state index in [2.05, 4.69) is 4.98 Å². The first-order valence-corrected chi connectivity index (χ1v) is 11.9. The molecule has 2 atom stereocenters. The molecule has 0 aliphatic rings. The van der Waals surface area contributed by atoms with Crippen LogP contribution in [0.2, 0.25) is 0 Å². The Balaban J connectivity index is 2.04. The predicted octanol–water partition coefficient (Wildman–Crippen LogP) is 4.48. The molecule has 176 valence electrons. The summed E-state index contributed by atoms with van der Waals surface area (Å²) in [5.74, 6) is -0.717. The van der Waals surface area contributed by atoms with Gasteiger partial charge < -0.3 is 14.8 Å². The fourth-order valence-electron chi connectivity index (χ4n) is 3.98. The fourth-order valence-corrected chi connectivity index (χ4v) is 4.64. The first kappa shape index (κ1) is 24.6. The average Bonchev–Trinajstić information content (AvgIpc) is 3.08. The third kappa shape index (κ3) is 4.84. The summed E-state index contributed by atoms with van der Waals surface area (Å²) in [6, 6.07) is 12.5. The van der Waals surface area contributed by atoms with E-state index >= 15 is 0 Å². The quantitative estimate of drug-likeness (QED) is 0.519.